The van der Waals surface area contributed by atoms with Crippen molar-refractivity contribution < 1.29 is 24.8 Å². The van der Waals surface area contributed by atoms with Crippen LogP contribution in [0.5, 0.6) is 0 Å². The average Bonchev–Trinajstić information content (AvgIpc) is 2.27. The van der Waals surface area contributed by atoms with E-state index >= 15 is 0 Å². The minimum Gasteiger partial charge on any atom is -0.657 e. The third-order valence-electron chi connectivity index (χ3n) is 1.64. The topological polar surface area (TPSA) is 40.1 Å². The Kier molecular flexibility index (Phi) is 2.83. The Hall–Kier alpha value is -0.168. The zero-order valence-corrected chi connectivity index (χ0v) is 9.02. The van der Waals surface area contributed by atoms with Crippen LogP contribution in [-0.2, 0) is 33.4 Å². The summed E-state index contributed by atoms with van der Waals surface area (Å²) < 4.78 is 5.33. The number of rotatable bonds is 0. The molecule has 0 N–H and O–H groups in total. The Morgan fingerprint density at radius 3 is 3.09 bits per heavy atom. The van der Waals surface area contributed by atoms with E-state index in [0.717, 1.165) is 36.9 Å². The van der Waals surface area contributed by atoms with Gasteiger partial charge in [0, 0.05) is 27.3 Å². The van der Waals surface area contributed by atoms with Crippen molar-refractivity contribution in [2.75, 3.05) is 6.54 Å². The predicted octanol–water partition coefficient (Wildman–Crippen LogP) is 1.41. The largest absolute Gasteiger partial charge is 0.657 e. The summed E-state index contributed by atoms with van der Waals surface area (Å²) in [6, 6.07) is 0. The van der Waals surface area contributed by atoms with E-state index in [1.165, 1.54) is 0 Å². The monoisotopic (exact) mass is 324 g/mol. The van der Waals surface area contributed by atoms with Crippen molar-refractivity contribution in [2.24, 2.45) is 0 Å². The molecule has 2 heterocycles. The fourth-order valence-electron chi connectivity index (χ4n) is 1.20. The maximum atomic E-state index is 5.33. The Morgan fingerprint density at radius 2 is 2.36 bits per heavy atom. The molecule has 0 bridgehead atoms. The molecule has 1 aliphatic heterocycles. The first-order valence-corrected chi connectivity index (χ1v) is 3.45. The average molecular weight is 323 g/mol. The number of fused-ring (bicyclic) bond motifs is 1. The van der Waals surface area contributed by atoms with Crippen molar-refractivity contribution in [1.29, 1.82) is 0 Å². The molecule has 0 saturated heterocycles. The molecule has 0 aliphatic carbocycles. The second kappa shape index (κ2) is 3.49. The molecule has 0 spiro atoms. The normalized spacial score (nSPS) is 15.4. The molecule has 1 aromatic heterocycles. The van der Waals surface area contributed by atoms with E-state index in [4.69, 9.17) is 4.42 Å². The van der Waals surface area contributed by atoms with Crippen LogP contribution >= 0.6 is 0 Å². The fourth-order valence-corrected chi connectivity index (χ4v) is 1.20. The predicted molar refractivity (Wildman–Crippen MR) is 36.9 cm³/mol. The summed E-state index contributed by atoms with van der Waals surface area (Å²) in [5.41, 5.74) is 1.03. The molecular weight excluding hydrogens is 314 g/mol. The van der Waals surface area contributed by atoms with Crippen LogP contribution < -0.4 is 0 Å². The molecule has 61 valence electrons. The molecule has 4 heteroatoms. The minimum atomic E-state index is 0. The van der Waals surface area contributed by atoms with Gasteiger partial charge in [-0.25, -0.2) is 4.98 Å². The van der Waals surface area contributed by atoms with Gasteiger partial charge in [-0.2, -0.15) is 0 Å². The third-order valence-corrected chi connectivity index (χ3v) is 1.64. The summed E-state index contributed by atoms with van der Waals surface area (Å²) in [5, 5.41) is 4.21. The molecule has 2 rings (SSSR count). The standard InChI is InChI=1S/C7H9N2O.Re/c1-5-9-6-4-8-3-2-7(6)10-5;/h2-4H2,1H3;/q-1;. The van der Waals surface area contributed by atoms with Gasteiger partial charge in [0.1, 0.15) is 5.76 Å². The second-order valence-corrected chi connectivity index (χ2v) is 2.46. The zero-order valence-electron chi connectivity index (χ0n) is 6.30. The molecule has 3 nitrogen and oxygen atoms in total. The Labute approximate surface area is 79.2 Å². The SMILES string of the molecule is Cc1nc2c(o1)CC[N-]C2.[Re]. The molecular formula is C7H9N2ORe-. The second-order valence-electron chi connectivity index (χ2n) is 2.46. The maximum absolute atomic E-state index is 5.33. The Balaban J connectivity index is 0.000000605. The summed E-state index contributed by atoms with van der Waals surface area (Å²) in [7, 11) is 0. The van der Waals surface area contributed by atoms with Gasteiger partial charge in [-0.05, 0) is 6.42 Å². The van der Waals surface area contributed by atoms with Gasteiger partial charge >= 0.3 is 0 Å². The van der Waals surface area contributed by atoms with Gasteiger partial charge in [0.2, 0.25) is 0 Å². The van der Waals surface area contributed by atoms with Crippen molar-refractivity contribution in [2.45, 2.75) is 19.9 Å². The van der Waals surface area contributed by atoms with Crippen molar-refractivity contribution in [3.05, 3.63) is 22.7 Å². The number of aromatic nitrogens is 1. The van der Waals surface area contributed by atoms with E-state index in [1.54, 1.807) is 0 Å². The maximum Gasteiger partial charge on any atom is 0.191 e. The molecule has 0 unspecified atom stereocenters. The van der Waals surface area contributed by atoms with Crippen molar-refractivity contribution in [3.8, 4) is 0 Å². The minimum absolute atomic E-state index is 0. The van der Waals surface area contributed by atoms with Gasteiger partial charge in [0.05, 0.1) is 5.69 Å². The molecule has 0 amide bonds. The number of nitrogens with zero attached hydrogens (tertiary/aromatic N) is 2. The number of hydrogen-bond acceptors (Lipinski definition) is 2. The van der Waals surface area contributed by atoms with Gasteiger partial charge in [0.25, 0.3) is 0 Å². The number of aryl methyl sites for hydroxylation is 1. The van der Waals surface area contributed by atoms with Crippen LogP contribution in [0.25, 0.3) is 5.32 Å². The Morgan fingerprint density at radius 1 is 1.55 bits per heavy atom. The van der Waals surface area contributed by atoms with E-state index in [-0.39, 0.29) is 20.4 Å². The third kappa shape index (κ3) is 1.70. The van der Waals surface area contributed by atoms with Gasteiger partial charge < -0.3 is 9.73 Å². The van der Waals surface area contributed by atoms with Crippen LogP contribution in [0.1, 0.15) is 17.3 Å². The van der Waals surface area contributed by atoms with Gasteiger partial charge in [0.15, 0.2) is 5.89 Å². The van der Waals surface area contributed by atoms with E-state index in [0.29, 0.717) is 0 Å². The van der Waals surface area contributed by atoms with Crippen molar-refractivity contribution in [3.63, 3.8) is 0 Å². The molecule has 1 aromatic rings. The van der Waals surface area contributed by atoms with E-state index < -0.39 is 0 Å². The summed E-state index contributed by atoms with van der Waals surface area (Å²) >= 11 is 0. The van der Waals surface area contributed by atoms with E-state index in [2.05, 4.69) is 10.3 Å². The summed E-state index contributed by atoms with van der Waals surface area (Å²) in [6.45, 7) is 3.51. The van der Waals surface area contributed by atoms with Crippen LogP contribution in [0.15, 0.2) is 4.42 Å². The molecule has 1 radical (unpaired) electrons. The molecule has 11 heavy (non-hydrogen) atoms. The van der Waals surface area contributed by atoms with Crippen LogP contribution in [0.2, 0.25) is 0 Å². The number of oxazole rings is 1. The first kappa shape index (κ1) is 8.92. The van der Waals surface area contributed by atoms with Gasteiger partial charge in [-0.15, -0.1) is 13.1 Å². The fraction of sp³-hybridized carbons (Fsp3) is 0.571. The van der Waals surface area contributed by atoms with E-state index in [9.17, 15) is 0 Å². The molecule has 0 fully saturated rings. The molecule has 0 aromatic carbocycles. The summed E-state index contributed by atoms with van der Waals surface area (Å²) in [4.78, 5) is 4.19. The first-order valence-electron chi connectivity index (χ1n) is 3.45. The van der Waals surface area contributed by atoms with Crippen LogP contribution in [0.3, 0.4) is 0 Å². The Bertz CT molecular complexity index is 223. The first-order chi connectivity index (χ1) is 4.86. The number of hydrogen-bond donors (Lipinski definition) is 0. The quantitative estimate of drug-likeness (QED) is 0.724. The van der Waals surface area contributed by atoms with E-state index in [1.807, 2.05) is 6.92 Å². The van der Waals surface area contributed by atoms with Crippen LogP contribution in [0.4, 0.5) is 0 Å². The van der Waals surface area contributed by atoms with Crippen LogP contribution in [0, 0.1) is 6.92 Å². The van der Waals surface area contributed by atoms with Gasteiger partial charge in [-0.3, -0.25) is 0 Å². The van der Waals surface area contributed by atoms with Crippen LogP contribution in [-0.4, -0.2) is 11.5 Å². The van der Waals surface area contributed by atoms with Crippen molar-refractivity contribution >= 4 is 0 Å². The van der Waals surface area contributed by atoms with Crippen molar-refractivity contribution in [1.82, 2.24) is 4.98 Å². The summed E-state index contributed by atoms with van der Waals surface area (Å²) in [5.74, 6) is 1.80. The molecule has 0 atom stereocenters. The smallest absolute Gasteiger partial charge is 0.191 e. The molecule has 1 aliphatic rings. The zero-order chi connectivity index (χ0) is 6.97. The summed E-state index contributed by atoms with van der Waals surface area (Å²) in [6.07, 6.45) is 0.927. The van der Waals surface area contributed by atoms with Gasteiger partial charge in [-0.1, -0.05) is 0 Å². The molecule has 0 saturated carbocycles.